The Kier molecular flexibility index (Phi) is 4.57. The molecule has 1 fully saturated rings. The van der Waals surface area contributed by atoms with Crippen LogP contribution in [0.15, 0.2) is 42.5 Å². The number of anilines is 2. The average Bonchev–Trinajstić information content (AvgIpc) is 2.69. The van der Waals surface area contributed by atoms with E-state index in [-0.39, 0.29) is 5.91 Å². The first-order valence-electron chi connectivity index (χ1n) is 8.81. The quantitative estimate of drug-likeness (QED) is 0.934. The van der Waals surface area contributed by atoms with Crippen molar-refractivity contribution in [3.63, 3.8) is 0 Å². The molecule has 5 nitrogen and oxygen atoms in total. The van der Waals surface area contributed by atoms with Crippen LogP contribution in [0, 0.1) is 0 Å². The molecule has 0 spiro atoms. The van der Waals surface area contributed by atoms with E-state index in [1.165, 1.54) is 0 Å². The first-order valence-corrected chi connectivity index (χ1v) is 8.81. The van der Waals surface area contributed by atoms with Crippen LogP contribution in [0.4, 0.5) is 11.4 Å². The van der Waals surface area contributed by atoms with Crippen LogP contribution in [0.1, 0.15) is 22.3 Å². The summed E-state index contributed by atoms with van der Waals surface area (Å²) in [6.45, 7) is 3.68. The lowest BCUT2D eigenvalue weighted by Crippen LogP contribution is -2.37. The van der Waals surface area contributed by atoms with E-state index in [0.717, 1.165) is 48.6 Å². The summed E-state index contributed by atoms with van der Waals surface area (Å²) >= 11 is 0. The fraction of sp³-hybridized carbons (Fsp3) is 0.350. The standard InChI is InChI=1S/C20H22N2O3/c23-20(21-17-8-3-5-15-6-4-12-25-19(15)17)16-7-1-2-9-18(16)22-10-13-24-14-11-22/h1-3,5,7-9H,4,6,10-14H2,(H,21,23). The Morgan fingerprint density at radius 3 is 2.72 bits per heavy atom. The number of hydrogen-bond donors (Lipinski definition) is 1. The maximum absolute atomic E-state index is 12.9. The predicted molar refractivity (Wildman–Crippen MR) is 97.7 cm³/mol. The number of amides is 1. The fourth-order valence-electron chi connectivity index (χ4n) is 3.42. The maximum Gasteiger partial charge on any atom is 0.257 e. The van der Waals surface area contributed by atoms with Gasteiger partial charge in [-0.3, -0.25) is 4.79 Å². The van der Waals surface area contributed by atoms with E-state index in [1.807, 2.05) is 36.4 Å². The van der Waals surface area contributed by atoms with Gasteiger partial charge in [0, 0.05) is 18.8 Å². The molecule has 130 valence electrons. The first-order chi connectivity index (χ1) is 12.3. The van der Waals surface area contributed by atoms with Crippen molar-refractivity contribution < 1.29 is 14.3 Å². The summed E-state index contributed by atoms with van der Waals surface area (Å²) in [5.74, 6) is 0.704. The molecule has 5 heteroatoms. The number of nitrogens with zero attached hydrogens (tertiary/aromatic N) is 1. The number of para-hydroxylation sites is 2. The largest absolute Gasteiger partial charge is 0.491 e. The predicted octanol–water partition coefficient (Wildman–Crippen LogP) is 3.10. The summed E-state index contributed by atoms with van der Waals surface area (Å²) in [5.41, 5.74) is 3.54. The number of nitrogens with one attached hydrogen (secondary N) is 1. The van der Waals surface area contributed by atoms with Gasteiger partial charge < -0.3 is 19.7 Å². The van der Waals surface area contributed by atoms with Crippen molar-refractivity contribution in [3.05, 3.63) is 53.6 Å². The highest BCUT2D eigenvalue weighted by Gasteiger charge is 2.21. The highest BCUT2D eigenvalue weighted by Crippen LogP contribution is 2.33. The lowest BCUT2D eigenvalue weighted by Gasteiger charge is -2.30. The smallest absolute Gasteiger partial charge is 0.257 e. The Morgan fingerprint density at radius 2 is 1.84 bits per heavy atom. The molecular weight excluding hydrogens is 316 g/mol. The van der Waals surface area contributed by atoms with Crippen LogP contribution < -0.4 is 15.0 Å². The first kappa shape index (κ1) is 16.0. The Balaban J connectivity index is 1.60. The third-order valence-electron chi connectivity index (χ3n) is 4.68. The molecule has 1 amide bonds. The summed E-state index contributed by atoms with van der Waals surface area (Å²) < 4.78 is 11.2. The van der Waals surface area contributed by atoms with Crippen molar-refractivity contribution in [1.82, 2.24) is 0 Å². The Hall–Kier alpha value is -2.53. The van der Waals surface area contributed by atoms with Gasteiger partial charge in [-0.15, -0.1) is 0 Å². The Bertz CT molecular complexity index is 769. The van der Waals surface area contributed by atoms with Crippen molar-refractivity contribution >= 4 is 17.3 Å². The minimum atomic E-state index is -0.107. The van der Waals surface area contributed by atoms with Crippen molar-refractivity contribution in [2.75, 3.05) is 43.1 Å². The van der Waals surface area contributed by atoms with Crippen molar-refractivity contribution in [1.29, 1.82) is 0 Å². The molecular formula is C20H22N2O3. The van der Waals surface area contributed by atoms with Crippen LogP contribution >= 0.6 is 0 Å². The second kappa shape index (κ2) is 7.15. The van der Waals surface area contributed by atoms with Crippen molar-refractivity contribution in [3.8, 4) is 5.75 Å². The normalized spacial score (nSPS) is 16.7. The molecule has 0 aliphatic carbocycles. The fourth-order valence-corrected chi connectivity index (χ4v) is 3.42. The van der Waals surface area contributed by atoms with Gasteiger partial charge in [0.25, 0.3) is 5.91 Å². The van der Waals surface area contributed by atoms with E-state index >= 15 is 0 Å². The molecule has 2 aliphatic heterocycles. The van der Waals surface area contributed by atoms with Crippen molar-refractivity contribution in [2.24, 2.45) is 0 Å². The van der Waals surface area contributed by atoms with Crippen LogP contribution in [0.2, 0.25) is 0 Å². The molecule has 25 heavy (non-hydrogen) atoms. The number of carbonyl (C=O) groups excluding carboxylic acids is 1. The number of fused-ring (bicyclic) bond motifs is 1. The van der Waals surface area contributed by atoms with Gasteiger partial charge in [-0.1, -0.05) is 24.3 Å². The average molecular weight is 338 g/mol. The van der Waals surface area contributed by atoms with E-state index in [0.29, 0.717) is 25.4 Å². The van der Waals surface area contributed by atoms with Gasteiger partial charge in [0.1, 0.15) is 5.75 Å². The van der Waals surface area contributed by atoms with Crippen LogP contribution in [-0.2, 0) is 11.2 Å². The number of ether oxygens (including phenoxy) is 2. The van der Waals surface area contributed by atoms with E-state index in [4.69, 9.17) is 9.47 Å². The van der Waals surface area contributed by atoms with E-state index in [1.54, 1.807) is 0 Å². The SMILES string of the molecule is O=C(Nc1cccc2c1OCCC2)c1ccccc1N1CCOCC1. The van der Waals surface area contributed by atoms with Gasteiger partial charge in [0.15, 0.2) is 0 Å². The molecule has 0 radical (unpaired) electrons. The topological polar surface area (TPSA) is 50.8 Å². The number of aryl methyl sites for hydroxylation is 1. The molecule has 0 aromatic heterocycles. The molecule has 0 bridgehead atoms. The van der Waals surface area contributed by atoms with E-state index < -0.39 is 0 Å². The molecule has 0 atom stereocenters. The molecule has 1 N–H and O–H groups in total. The van der Waals surface area contributed by atoms with Crippen LogP contribution in [0.25, 0.3) is 0 Å². The highest BCUT2D eigenvalue weighted by atomic mass is 16.5. The molecule has 1 saturated heterocycles. The lowest BCUT2D eigenvalue weighted by atomic mass is 10.0. The summed E-state index contributed by atoms with van der Waals surface area (Å²) in [6.07, 6.45) is 2.01. The number of morpholine rings is 1. The lowest BCUT2D eigenvalue weighted by molar-refractivity contribution is 0.102. The number of hydrogen-bond acceptors (Lipinski definition) is 4. The molecule has 2 aromatic carbocycles. The molecule has 2 aromatic rings. The number of carbonyl (C=O) groups is 1. The van der Waals surface area contributed by atoms with Crippen molar-refractivity contribution in [2.45, 2.75) is 12.8 Å². The Labute approximate surface area is 147 Å². The Morgan fingerprint density at radius 1 is 1.00 bits per heavy atom. The zero-order valence-corrected chi connectivity index (χ0v) is 14.2. The maximum atomic E-state index is 12.9. The van der Waals surface area contributed by atoms with Gasteiger partial charge in [-0.05, 0) is 36.6 Å². The second-order valence-electron chi connectivity index (χ2n) is 6.32. The van der Waals surface area contributed by atoms with Crippen LogP contribution in [0.5, 0.6) is 5.75 Å². The zero-order chi connectivity index (χ0) is 17.1. The third-order valence-corrected chi connectivity index (χ3v) is 4.68. The molecule has 0 saturated carbocycles. The molecule has 4 rings (SSSR count). The summed E-state index contributed by atoms with van der Waals surface area (Å²) in [6, 6.07) is 13.7. The van der Waals surface area contributed by atoms with Gasteiger partial charge in [0.05, 0.1) is 31.1 Å². The minimum Gasteiger partial charge on any atom is -0.491 e. The number of benzene rings is 2. The molecule has 2 heterocycles. The second-order valence-corrected chi connectivity index (χ2v) is 6.32. The summed E-state index contributed by atoms with van der Waals surface area (Å²) in [5, 5.41) is 3.04. The molecule has 0 unspecified atom stereocenters. The van der Waals surface area contributed by atoms with Crippen LogP contribution in [0.3, 0.4) is 0 Å². The highest BCUT2D eigenvalue weighted by molar-refractivity contribution is 6.08. The van der Waals surface area contributed by atoms with Gasteiger partial charge in [-0.2, -0.15) is 0 Å². The monoisotopic (exact) mass is 338 g/mol. The zero-order valence-electron chi connectivity index (χ0n) is 14.2. The van der Waals surface area contributed by atoms with Gasteiger partial charge in [-0.25, -0.2) is 0 Å². The van der Waals surface area contributed by atoms with E-state index in [9.17, 15) is 4.79 Å². The third kappa shape index (κ3) is 3.33. The summed E-state index contributed by atoms with van der Waals surface area (Å²) in [4.78, 5) is 15.1. The number of rotatable bonds is 3. The van der Waals surface area contributed by atoms with Gasteiger partial charge >= 0.3 is 0 Å². The van der Waals surface area contributed by atoms with E-state index in [2.05, 4.69) is 16.3 Å². The minimum absolute atomic E-state index is 0.107. The van der Waals surface area contributed by atoms with Crippen LogP contribution in [-0.4, -0.2) is 38.8 Å². The van der Waals surface area contributed by atoms with Gasteiger partial charge in [0.2, 0.25) is 0 Å². The summed E-state index contributed by atoms with van der Waals surface area (Å²) in [7, 11) is 0. The molecule has 2 aliphatic rings.